The van der Waals surface area contributed by atoms with Crippen molar-refractivity contribution in [2.24, 2.45) is 5.92 Å². The summed E-state index contributed by atoms with van der Waals surface area (Å²) in [5.41, 5.74) is 0.829. The highest BCUT2D eigenvalue weighted by Crippen LogP contribution is 2.38. The number of carbonyl (C=O) groups excluding carboxylic acids is 4. The number of amides is 4. The minimum atomic E-state index is -0.921. The van der Waals surface area contributed by atoms with E-state index in [0.717, 1.165) is 29.7 Å². The fraction of sp³-hybridized carbons (Fsp3) is 0.545. The first-order valence-corrected chi connectivity index (χ1v) is 10.4. The van der Waals surface area contributed by atoms with E-state index < -0.39 is 36.6 Å². The Balaban J connectivity index is 1.50. The number of imide groups is 1. The Bertz CT molecular complexity index is 836. The smallest absolute Gasteiger partial charge is 0.326 e. The zero-order valence-electron chi connectivity index (χ0n) is 17.7. The van der Waals surface area contributed by atoms with Crippen molar-refractivity contribution in [1.82, 2.24) is 10.2 Å². The number of hydrogen-bond donors (Lipinski definition) is 2. The lowest BCUT2D eigenvalue weighted by Gasteiger charge is -2.36. The minimum Gasteiger partial charge on any atom is -0.454 e. The quantitative estimate of drug-likeness (QED) is 0.549. The van der Waals surface area contributed by atoms with Gasteiger partial charge in [-0.3, -0.25) is 19.3 Å². The highest BCUT2D eigenvalue weighted by molar-refractivity contribution is 6.09. The summed E-state index contributed by atoms with van der Waals surface area (Å²) < 4.78 is 4.97. The Kier molecular flexibility index (Phi) is 6.43. The standard InChI is InChI=1S/C22H29N3O5/c1-14(2)16-7-9-17(10-8-16)23-18(26)13-30-19(27)12-25-20(28)22(24-21(25)29)11-5-4-6-15(22)3/h7-10,14-15H,4-6,11-13H2,1-3H3,(H,23,26)(H,24,29)/t15-,22-/m0/s1. The van der Waals surface area contributed by atoms with Crippen LogP contribution in [0.3, 0.4) is 0 Å². The van der Waals surface area contributed by atoms with Crippen molar-refractivity contribution >= 4 is 29.5 Å². The van der Waals surface area contributed by atoms with E-state index in [-0.39, 0.29) is 11.8 Å². The van der Waals surface area contributed by atoms with Crippen molar-refractivity contribution in [2.75, 3.05) is 18.5 Å². The fourth-order valence-electron chi connectivity index (χ4n) is 4.11. The summed E-state index contributed by atoms with van der Waals surface area (Å²) in [6.45, 7) is 5.10. The van der Waals surface area contributed by atoms with E-state index in [0.29, 0.717) is 18.0 Å². The number of rotatable bonds is 6. The summed E-state index contributed by atoms with van der Waals surface area (Å²) in [7, 11) is 0. The molecule has 2 N–H and O–H groups in total. The van der Waals surface area contributed by atoms with Gasteiger partial charge in [-0.25, -0.2) is 4.79 Å². The number of urea groups is 1. The van der Waals surface area contributed by atoms with Crippen LogP contribution in [0.4, 0.5) is 10.5 Å². The maximum absolute atomic E-state index is 12.8. The molecule has 1 aliphatic carbocycles. The fourth-order valence-corrected chi connectivity index (χ4v) is 4.11. The van der Waals surface area contributed by atoms with Crippen LogP contribution < -0.4 is 10.6 Å². The summed E-state index contributed by atoms with van der Waals surface area (Å²) in [4.78, 5) is 50.2. The van der Waals surface area contributed by atoms with E-state index >= 15 is 0 Å². The van der Waals surface area contributed by atoms with Crippen molar-refractivity contribution in [3.63, 3.8) is 0 Å². The van der Waals surface area contributed by atoms with Crippen LogP contribution in [-0.4, -0.2) is 47.4 Å². The highest BCUT2D eigenvalue weighted by atomic mass is 16.5. The number of nitrogens with one attached hydrogen (secondary N) is 2. The maximum Gasteiger partial charge on any atom is 0.326 e. The SMILES string of the molecule is CC(C)c1ccc(NC(=O)COC(=O)CN2C(=O)N[C@]3(CCCC[C@@H]3C)C2=O)cc1. The molecule has 0 unspecified atom stereocenters. The van der Waals surface area contributed by atoms with Gasteiger partial charge < -0.3 is 15.4 Å². The summed E-state index contributed by atoms with van der Waals surface area (Å²) in [5.74, 6) is -1.28. The van der Waals surface area contributed by atoms with Gasteiger partial charge in [0.2, 0.25) is 0 Å². The van der Waals surface area contributed by atoms with Crippen LogP contribution in [0.5, 0.6) is 0 Å². The molecule has 1 aromatic carbocycles. The van der Waals surface area contributed by atoms with E-state index in [4.69, 9.17) is 4.74 Å². The Hall–Kier alpha value is -2.90. The van der Waals surface area contributed by atoms with Gasteiger partial charge in [0.15, 0.2) is 6.61 Å². The molecule has 8 nitrogen and oxygen atoms in total. The third-order valence-electron chi connectivity index (χ3n) is 6.01. The van der Waals surface area contributed by atoms with Crippen molar-refractivity contribution in [1.29, 1.82) is 0 Å². The molecule has 162 valence electrons. The van der Waals surface area contributed by atoms with Crippen molar-refractivity contribution in [2.45, 2.75) is 57.9 Å². The molecule has 2 atom stereocenters. The van der Waals surface area contributed by atoms with Gasteiger partial charge in [-0.1, -0.05) is 45.7 Å². The van der Waals surface area contributed by atoms with Gasteiger partial charge in [0.1, 0.15) is 12.1 Å². The summed E-state index contributed by atoms with van der Waals surface area (Å²) in [6, 6.07) is 6.83. The summed E-state index contributed by atoms with van der Waals surface area (Å²) in [6.07, 6.45) is 3.29. The van der Waals surface area contributed by atoms with Gasteiger partial charge in [-0.15, -0.1) is 0 Å². The predicted molar refractivity (Wildman–Crippen MR) is 111 cm³/mol. The third kappa shape index (κ3) is 4.47. The first-order chi connectivity index (χ1) is 14.2. The number of benzene rings is 1. The van der Waals surface area contributed by atoms with E-state index in [1.165, 1.54) is 0 Å². The number of ether oxygens (including phenoxy) is 1. The van der Waals surface area contributed by atoms with Crippen LogP contribution in [0.2, 0.25) is 0 Å². The minimum absolute atomic E-state index is 0.0107. The Morgan fingerprint density at radius 3 is 2.57 bits per heavy atom. The average Bonchev–Trinajstić information content (AvgIpc) is 2.94. The Morgan fingerprint density at radius 2 is 1.93 bits per heavy atom. The van der Waals surface area contributed by atoms with Crippen LogP contribution >= 0.6 is 0 Å². The second kappa shape index (κ2) is 8.85. The zero-order valence-corrected chi connectivity index (χ0v) is 17.7. The lowest BCUT2D eigenvalue weighted by molar-refractivity contribution is -0.150. The largest absolute Gasteiger partial charge is 0.454 e. The second-order valence-corrected chi connectivity index (χ2v) is 8.43. The van der Waals surface area contributed by atoms with E-state index in [1.807, 2.05) is 19.1 Å². The number of esters is 1. The van der Waals surface area contributed by atoms with Gasteiger partial charge in [0.05, 0.1) is 0 Å². The number of carbonyl (C=O) groups is 4. The lowest BCUT2D eigenvalue weighted by Crippen LogP contribution is -2.54. The molecule has 8 heteroatoms. The molecular formula is C22H29N3O5. The average molecular weight is 415 g/mol. The third-order valence-corrected chi connectivity index (χ3v) is 6.01. The number of anilines is 1. The van der Waals surface area contributed by atoms with E-state index in [9.17, 15) is 19.2 Å². The van der Waals surface area contributed by atoms with Crippen LogP contribution in [0.1, 0.15) is 57.9 Å². The summed E-state index contributed by atoms with van der Waals surface area (Å²) in [5, 5.41) is 5.44. The molecule has 1 saturated carbocycles. The van der Waals surface area contributed by atoms with Gasteiger partial charge in [0.25, 0.3) is 11.8 Å². The summed E-state index contributed by atoms with van der Waals surface area (Å²) >= 11 is 0. The first kappa shape index (κ1) is 21.8. The molecule has 3 rings (SSSR count). The van der Waals surface area contributed by atoms with Crippen molar-refractivity contribution < 1.29 is 23.9 Å². The van der Waals surface area contributed by atoms with Gasteiger partial charge in [-0.05, 0) is 42.4 Å². The number of nitrogens with zero attached hydrogens (tertiary/aromatic N) is 1. The van der Waals surface area contributed by atoms with Crippen LogP contribution in [0.25, 0.3) is 0 Å². The monoisotopic (exact) mass is 415 g/mol. The highest BCUT2D eigenvalue weighted by Gasteiger charge is 2.55. The van der Waals surface area contributed by atoms with Gasteiger partial charge in [0, 0.05) is 5.69 Å². The topological polar surface area (TPSA) is 105 Å². The molecule has 1 aromatic rings. The molecule has 1 aliphatic heterocycles. The zero-order chi connectivity index (χ0) is 21.9. The van der Waals surface area contributed by atoms with Gasteiger partial charge in [-0.2, -0.15) is 0 Å². The molecule has 30 heavy (non-hydrogen) atoms. The Labute approximate surface area is 176 Å². The predicted octanol–water partition coefficient (Wildman–Crippen LogP) is 2.79. The lowest BCUT2D eigenvalue weighted by atomic mass is 9.73. The molecule has 1 heterocycles. The molecule has 0 bridgehead atoms. The molecular weight excluding hydrogens is 386 g/mol. The molecule has 0 radical (unpaired) electrons. The van der Waals surface area contributed by atoms with E-state index in [2.05, 4.69) is 24.5 Å². The molecule has 2 fully saturated rings. The maximum atomic E-state index is 12.8. The molecule has 1 saturated heterocycles. The van der Waals surface area contributed by atoms with Crippen LogP contribution in [0.15, 0.2) is 24.3 Å². The molecule has 2 aliphatic rings. The Morgan fingerprint density at radius 1 is 1.23 bits per heavy atom. The first-order valence-electron chi connectivity index (χ1n) is 10.4. The molecule has 4 amide bonds. The second-order valence-electron chi connectivity index (χ2n) is 8.43. The van der Waals surface area contributed by atoms with E-state index in [1.54, 1.807) is 12.1 Å². The molecule has 0 aromatic heterocycles. The van der Waals surface area contributed by atoms with Gasteiger partial charge >= 0.3 is 12.0 Å². The normalized spacial score (nSPS) is 23.6. The number of hydrogen-bond acceptors (Lipinski definition) is 5. The van der Waals surface area contributed by atoms with Crippen molar-refractivity contribution in [3.8, 4) is 0 Å². The van der Waals surface area contributed by atoms with Crippen LogP contribution in [0, 0.1) is 5.92 Å². The van der Waals surface area contributed by atoms with Crippen LogP contribution in [-0.2, 0) is 19.1 Å². The van der Waals surface area contributed by atoms with Crippen molar-refractivity contribution in [3.05, 3.63) is 29.8 Å². The molecule has 1 spiro atoms.